The van der Waals surface area contributed by atoms with E-state index in [9.17, 15) is 5.11 Å². The largest absolute Gasteiger partial charge is 0.492 e. The van der Waals surface area contributed by atoms with Gasteiger partial charge in [-0.2, -0.15) is 11.4 Å². The van der Waals surface area contributed by atoms with Crippen LogP contribution < -0.4 is 10.5 Å². The molecule has 0 saturated heterocycles. The molecule has 0 heterocycles. The van der Waals surface area contributed by atoms with Crippen LogP contribution in [0.5, 0.6) is 5.75 Å². The van der Waals surface area contributed by atoms with Gasteiger partial charge in [0.1, 0.15) is 12.4 Å². The number of ether oxygens (including phenoxy) is 1. The molecule has 17 heavy (non-hydrogen) atoms. The van der Waals surface area contributed by atoms with Crippen molar-refractivity contribution in [1.29, 1.82) is 0 Å². The third-order valence-corrected chi connectivity index (χ3v) is 3.25. The second-order valence-corrected chi connectivity index (χ2v) is 4.52. The Labute approximate surface area is 112 Å². The quantitative estimate of drug-likeness (QED) is 0.553. The first kappa shape index (κ1) is 16.4. The highest BCUT2D eigenvalue weighted by atomic mass is 35.5. The smallest absolute Gasteiger partial charge is 0.119 e. The van der Waals surface area contributed by atoms with E-state index >= 15 is 0 Å². The van der Waals surface area contributed by atoms with E-state index in [1.807, 2.05) is 31.2 Å². The van der Waals surface area contributed by atoms with Gasteiger partial charge < -0.3 is 15.6 Å². The summed E-state index contributed by atoms with van der Waals surface area (Å²) in [5.41, 5.74) is 6.53. The van der Waals surface area contributed by atoms with Crippen molar-refractivity contribution < 1.29 is 9.84 Å². The Kier molecular flexibility index (Phi) is 9.17. The number of hydrogen-bond donors (Lipinski definition) is 3. The SMILES string of the molecule is CCC(O)=[SH]Cc1cccc(OCCN)c1.Cl. The summed E-state index contributed by atoms with van der Waals surface area (Å²) >= 11 is 0.964. The van der Waals surface area contributed by atoms with Crippen LogP contribution in [0, 0.1) is 0 Å². The van der Waals surface area contributed by atoms with Gasteiger partial charge in [0.25, 0.3) is 0 Å². The lowest BCUT2D eigenvalue weighted by Crippen LogP contribution is -2.10. The number of rotatable bonds is 6. The molecule has 3 nitrogen and oxygen atoms in total. The summed E-state index contributed by atoms with van der Waals surface area (Å²) in [5.74, 6) is 1.66. The number of hydrogen-bond acceptors (Lipinski definition) is 2. The average molecular weight is 278 g/mol. The van der Waals surface area contributed by atoms with Gasteiger partial charge in [-0.3, -0.25) is 0 Å². The van der Waals surface area contributed by atoms with E-state index in [4.69, 9.17) is 10.5 Å². The predicted octanol–water partition coefficient (Wildman–Crippen LogP) is 2.51. The van der Waals surface area contributed by atoms with Gasteiger partial charge in [-0.05, 0) is 24.1 Å². The fourth-order valence-electron chi connectivity index (χ4n) is 1.20. The maximum Gasteiger partial charge on any atom is 0.119 e. The van der Waals surface area contributed by atoms with Crippen molar-refractivity contribution in [2.75, 3.05) is 13.2 Å². The second-order valence-electron chi connectivity index (χ2n) is 3.37. The summed E-state index contributed by atoms with van der Waals surface area (Å²) in [7, 11) is 0. The summed E-state index contributed by atoms with van der Waals surface area (Å²) in [4.78, 5) is 0. The molecule has 0 aliphatic rings. The van der Waals surface area contributed by atoms with Crippen LogP contribution in [0.3, 0.4) is 0 Å². The Morgan fingerprint density at radius 2 is 2.24 bits per heavy atom. The first-order chi connectivity index (χ1) is 7.76. The summed E-state index contributed by atoms with van der Waals surface area (Å²) in [6, 6.07) is 7.90. The standard InChI is InChI=1S/C12H19NO2S.ClH/c1-2-12(14)16-9-10-4-3-5-11(8-10)15-7-6-13;/h3-5,8,14,16H,2,6-7,9,13H2,1H3;1H. The van der Waals surface area contributed by atoms with E-state index in [1.54, 1.807) is 0 Å². The van der Waals surface area contributed by atoms with Gasteiger partial charge in [-0.15, -0.1) is 12.4 Å². The van der Waals surface area contributed by atoms with Crippen molar-refractivity contribution in [3.8, 4) is 5.75 Å². The number of nitrogens with two attached hydrogens (primary N) is 1. The molecule has 1 aromatic rings. The molecule has 3 N–H and O–H groups in total. The summed E-state index contributed by atoms with van der Waals surface area (Å²) in [6.07, 6.45) is 0.713. The summed E-state index contributed by atoms with van der Waals surface area (Å²) in [6.45, 7) is 3.00. The molecule has 0 fully saturated rings. The second kappa shape index (κ2) is 9.48. The number of aliphatic hydroxyl groups excluding tert-OH is 1. The van der Waals surface area contributed by atoms with Crippen LogP contribution in [0.25, 0.3) is 0 Å². The minimum absolute atomic E-state index is 0. The molecule has 0 atom stereocenters. The van der Waals surface area contributed by atoms with Crippen LogP contribution in [0.2, 0.25) is 0 Å². The molecule has 98 valence electrons. The van der Waals surface area contributed by atoms with E-state index in [-0.39, 0.29) is 12.4 Å². The molecule has 0 aliphatic carbocycles. The molecule has 0 amide bonds. The van der Waals surface area contributed by atoms with Crippen LogP contribution in [-0.4, -0.2) is 23.3 Å². The number of benzene rings is 1. The highest BCUT2D eigenvalue weighted by Crippen LogP contribution is 2.16. The Balaban J connectivity index is 0.00000256. The average Bonchev–Trinajstić information content (AvgIpc) is 2.34. The van der Waals surface area contributed by atoms with Gasteiger partial charge in [0.05, 0.1) is 5.05 Å². The lowest BCUT2D eigenvalue weighted by molar-refractivity contribution is 0.328. The molecule has 0 spiro atoms. The van der Waals surface area contributed by atoms with Gasteiger partial charge in [0, 0.05) is 12.3 Å². The fourth-order valence-corrected chi connectivity index (χ4v) is 1.99. The van der Waals surface area contributed by atoms with Crippen LogP contribution in [-0.2, 0) is 5.75 Å². The number of halogens is 1. The van der Waals surface area contributed by atoms with Crippen LogP contribution in [0.1, 0.15) is 18.9 Å². The number of aliphatic hydroxyl groups is 1. The molecule has 0 unspecified atom stereocenters. The molecular weight excluding hydrogens is 258 g/mol. The molecule has 0 aliphatic heterocycles. The molecule has 0 aromatic heterocycles. The lowest BCUT2D eigenvalue weighted by atomic mass is 10.2. The predicted molar refractivity (Wildman–Crippen MR) is 78.9 cm³/mol. The highest BCUT2D eigenvalue weighted by molar-refractivity contribution is 7.97. The first-order valence-corrected chi connectivity index (χ1v) is 6.48. The van der Waals surface area contributed by atoms with Crippen LogP contribution in [0.4, 0.5) is 0 Å². The van der Waals surface area contributed by atoms with Crippen molar-refractivity contribution in [1.82, 2.24) is 0 Å². The van der Waals surface area contributed by atoms with E-state index in [0.717, 1.165) is 28.4 Å². The van der Waals surface area contributed by atoms with Gasteiger partial charge in [-0.1, -0.05) is 19.1 Å². The van der Waals surface area contributed by atoms with Gasteiger partial charge in [0.2, 0.25) is 0 Å². The summed E-state index contributed by atoms with van der Waals surface area (Å²) in [5, 5.41) is 9.91. The van der Waals surface area contributed by atoms with Crippen molar-refractivity contribution in [3.63, 3.8) is 0 Å². The lowest BCUT2D eigenvalue weighted by Gasteiger charge is -2.06. The van der Waals surface area contributed by atoms with Crippen molar-refractivity contribution in [3.05, 3.63) is 29.8 Å². The minimum Gasteiger partial charge on any atom is -0.492 e. The maximum absolute atomic E-state index is 9.39. The monoisotopic (exact) mass is 277 g/mol. The Morgan fingerprint density at radius 1 is 1.47 bits per heavy atom. The molecule has 1 rings (SSSR count). The zero-order valence-corrected chi connectivity index (χ0v) is 11.6. The van der Waals surface area contributed by atoms with E-state index < -0.39 is 0 Å². The first-order valence-electron chi connectivity index (χ1n) is 5.40. The zero-order valence-electron chi connectivity index (χ0n) is 9.93. The molecule has 0 radical (unpaired) electrons. The fraction of sp³-hybridized carbons (Fsp3) is 0.417. The molecule has 1 aromatic carbocycles. The third-order valence-electron chi connectivity index (χ3n) is 2.05. The van der Waals surface area contributed by atoms with Gasteiger partial charge in [0.15, 0.2) is 0 Å². The topological polar surface area (TPSA) is 55.5 Å². The maximum atomic E-state index is 9.39. The van der Waals surface area contributed by atoms with Crippen molar-refractivity contribution in [2.45, 2.75) is 19.1 Å². The molecule has 5 heteroatoms. The van der Waals surface area contributed by atoms with Gasteiger partial charge in [-0.25, -0.2) is 0 Å². The Hall–Kier alpha value is -0.550. The number of thiol groups is 1. The Bertz CT molecular complexity index is 358. The molecular formula is C12H20ClNO2S. The molecule has 0 bridgehead atoms. The summed E-state index contributed by atoms with van der Waals surface area (Å²) < 4.78 is 5.43. The van der Waals surface area contributed by atoms with E-state index in [2.05, 4.69) is 0 Å². The van der Waals surface area contributed by atoms with Crippen molar-refractivity contribution in [2.24, 2.45) is 5.73 Å². The van der Waals surface area contributed by atoms with Gasteiger partial charge >= 0.3 is 0 Å². The normalized spacial score (nSPS) is 11.4. The molecule has 0 saturated carbocycles. The third kappa shape index (κ3) is 6.68. The Morgan fingerprint density at radius 3 is 2.88 bits per heavy atom. The van der Waals surface area contributed by atoms with Crippen LogP contribution >= 0.6 is 23.8 Å². The zero-order chi connectivity index (χ0) is 11.8. The minimum atomic E-state index is 0. The van der Waals surface area contributed by atoms with E-state index in [0.29, 0.717) is 24.6 Å². The van der Waals surface area contributed by atoms with Crippen molar-refractivity contribution >= 4 is 28.8 Å². The highest BCUT2D eigenvalue weighted by Gasteiger charge is 1.96. The van der Waals surface area contributed by atoms with E-state index in [1.165, 1.54) is 0 Å². The van der Waals surface area contributed by atoms with Crippen LogP contribution in [0.15, 0.2) is 24.3 Å².